The molecule has 0 aliphatic heterocycles. The molecule has 0 bridgehead atoms. The van der Waals surface area contributed by atoms with E-state index in [0.29, 0.717) is 6.61 Å². The number of benzene rings is 1. The van der Waals surface area contributed by atoms with Crippen molar-refractivity contribution < 1.29 is 35.7 Å². The molecule has 2 N–H and O–H groups in total. The third-order valence-electron chi connectivity index (χ3n) is 1.69. The van der Waals surface area contributed by atoms with E-state index in [0.717, 1.165) is 5.56 Å². The van der Waals surface area contributed by atoms with Crippen LogP contribution in [0.2, 0.25) is 0 Å². The average molecular weight is 389 g/mol. The molecule has 15 heavy (non-hydrogen) atoms. The number of carboxylic acid groups (broad SMARTS) is 1. The average Bonchev–Trinajstić information content (AvgIpc) is 2.19. The summed E-state index contributed by atoms with van der Waals surface area (Å²) in [5, 5.41) is 8.41. The van der Waals surface area contributed by atoms with Crippen LogP contribution < -0.4 is 0 Å². The number of nitrogens with one attached hydrogen (secondary N) is 1. The van der Waals surface area contributed by atoms with Crippen LogP contribution in [0.5, 0.6) is 0 Å². The van der Waals surface area contributed by atoms with E-state index in [9.17, 15) is 4.79 Å². The Morgan fingerprint density at radius 3 is 2.53 bits per heavy atom. The molecule has 0 heterocycles. The van der Waals surface area contributed by atoms with E-state index in [4.69, 9.17) is 15.6 Å². The summed E-state index contributed by atoms with van der Waals surface area (Å²) < 4.78 is 5.07. The van der Waals surface area contributed by atoms with Gasteiger partial charge in [0.25, 0.3) is 5.97 Å². The van der Waals surface area contributed by atoms with Crippen LogP contribution in [0.3, 0.4) is 0 Å². The number of hydrogen-bond donors (Lipinski definition) is 1. The smallest absolute Gasteiger partial charge is 0.663 e. The van der Waals surface area contributed by atoms with Crippen molar-refractivity contribution in [2.24, 2.45) is 0 Å². The predicted octanol–water partition coefficient (Wildman–Crippen LogP) is 1.71. The number of aliphatic carboxylic acids is 1. The standard InChI is InChI=1S/C10H12NO3.Pt/c11-9(10(12)13)7-14-6-8-4-2-1-3-5-8;/h1-5,9,11H,6-7H2,(H,12,13);/q-1;+2. The Kier molecular flexibility index (Phi) is 7.22. The van der Waals surface area contributed by atoms with Crippen molar-refractivity contribution in [2.45, 2.75) is 12.6 Å². The molecule has 0 saturated heterocycles. The summed E-state index contributed by atoms with van der Waals surface area (Å²) in [6.07, 6.45) is 0. The minimum Gasteiger partial charge on any atom is -0.663 e. The van der Waals surface area contributed by atoms with E-state index >= 15 is 0 Å². The third-order valence-corrected chi connectivity index (χ3v) is 1.69. The number of hydrogen-bond acceptors (Lipinski definition) is 2. The van der Waals surface area contributed by atoms with Gasteiger partial charge in [0.15, 0.2) is 0 Å². The molecule has 0 fully saturated rings. The number of carbonyl (C=O) groups is 1. The number of rotatable bonds is 5. The molecule has 0 aliphatic rings. The third kappa shape index (κ3) is 5.67. The first-order chi connectivity index (χ1) is 6.70. The molecule has 5 heteroatoms. The van der Waals surface area contributed by atoms with Gasteiger partial charge in [-0.05, 0) is 11.6 Å². The van der Waals surface area contributed by atoms with E-state index in [1.54, 1.807) is 0 Å². The second kappa shape index (κ2) is 7.57. The van der Waals surface area contributed by atoms with Crippen LogP contribution in [-0.4, -0.2) is 23.7 Å². The van der Waals surface area contributed by atoms with Crippen LogP contribution in [0.4, 0.5) is 0 Å². The van der Waals surface area contributed by atoms with Crippen molar-refractivity contribution in [3.05, 3.63) is 41.6 Å². The normalized spacial score (nSPS) is 11.5. The van der Waals surface area contributed by atoms with Gasteiger partial charge >= 0.3 is 21.1 Å². The minimum atomic E-state index is -1.20. The van der Waals surface area contributed by atoms with Crippen molar-refractivity contribution >= 4 is 5.97 Å². The first-order valence-corrected chi connectivity index (χ1v) is 4.25. The fraction of sp³-hybridized carbons (Fsp3) is 0.300. The van der Waals surface area contributed by atoms with Gasteiger partial charge < -0.3 is 15.6 Å². The monoisotopic (exact) mass is 389 g/mol. The molecule has 0 spiro atoms. The molecule has 1 atom stereocenters. The Labute approximate surface area is 103 Å². The molecule has 0 radical (unpaired) electrons. The van der Waals surface area contributed by atoms with E-state index in [1.165, 1.54) is 0 Å². The molecule has 0 amide bonds. The van der Waals surface area contributed by atoms with Crippen LogP contribution in [0.1, 0.15) is 5.56 Å². The predicted molar refractivity (Wildman–Crippen MR) is 51.8 cm³/mol. The molecule has 1 aromatic rings. The van der Waals surface area contributed by atoms with Gasteiger partial charge in [-0.25, -0.2) is 0 Å². The largest absolute Gasteiger partial charge is 2.00 e. The number of ether oxygens (including phenoxy) is 1. The molecular weight excluding hydrogens is 377 g/mol. The van der Waals surface area contributed by atoms with Crippen molar-refractivity contribution in [1.82, 2.24) is 0 Å². The van der Waals surface area contributed by atoms with Gasteiger partial charge in [-0.15, -0.1) is 0 Å². The zero-order valence-electron chi connectivity index (χ0n) is 7.96. The van der Waals surface area contributed by atoms with Gasteiger partial charge in [-0.1, -0.05) is 30.3 Å². The van der Waals surface area contributed by atoms with Crippen LogP contribution in [0, 0.1) is 0 Å². The van der Waals surface area contributed by atoms with Crippen molar-refractivity contribution in [3.63, 3.8) is 0 Å². The fourth-order valence-corrected chi connectivity index (χ4v) is 0.940. The van der Waals surface area contributed by atoms with Gasteiger partial charge in [0, 0.05) is 6.61 Å². The first kappa shape index (κ1) is 14.3. The Bertz CT molecular complexity index is 292. The zero-order chi connectivity index (χ0) is 10.4. The van der Waals surface area contributed by atoms with Crippen LogP contribution >= 0.6 is 0 Å². The maximum absolute atomic E-state index is 10.3. The van der Waals surface area contributed by atoms with Gasteiger partial charge in [0.05, 0.1) is 6.61 Å². The SMILES string of the molecule is [NH-]C(COCc1ccccc1)C(=O)O.[Pt+2]. The minimum absolute atomic E-state index is 0. The van der Waals surface area contributed by atoms with Crippen LogP contribution in [-0.2, 0) is 37.2 Å². The fourth-order valence-electron chi connectivity index (χ4n) is 0.940. The Hall–Kier alpha value is -0.702. The second-order valence-electron chi connectivity index (χ2n) is 2.89. The maximum atomic E-state index is 10.3. The molecule has 0 aliphatic carbocycles. The van der Waals surface area contributed by atoms with Crippen LogP contribution in [0.25, 0.3) is 5.73 Å². The molecule has 0 aromatic heterocycles. The summed E-state index contributed by atoms with van der Waals surface area (Å²) in [5.41, 5.74) is 8.04. The second-order valence-corrected chi connectivity index (χ2v) is 2.89. The topological polar surface area (TPSA) is 70.3 Å². The van der Waals surface area contributed by atoms with Gasteiger partial charge in [-0.2, -0.15) is 0 Å². The van der Waals surface area contributed by atoms with Gasteiger partial charge in [-0.3, -0.25) is 4.79 Å². The van der Waals surface area contributed by atoms with E-state index in [1.807, 2.05) is 30.3 Å². The van der Waals surface area contributed by atoms with Gasteiger partial charge in [0.1, 0.15) is 0 Å². The van der Waals surface area contributed by atoms with Crippen molar-refractivity contribution in [2.75, 3.05) is 6.61 Å². The maximum Gasteiger partial charge on any atom is 2.00 e. The molecule has 1 rings (SSSR count). The van der Waals surface area contributed by atoms with Crippen molar-refractivity contribution in [3.8, 4) is 0 Å². The summed E-state index contributed by atoms with van der Waals surface area (Å²) in [7, 11) is 0. The number of carboxylic acids is 1. The van der Waals surface area contributed by atoms with Gasteiger partial charge in [0.2, 0.25) is 0 Å². The van der Waals surface area contributed by atoms with Crippen LogP contribution in [0.15, 0.2) is 30.3 Å². The Morgan fingerprint density at radius 2 is 2.00 bits per heavy atom. The summed E-state index contributed by atoms with van der Waals surface area (Å²) in [4.78, 5) is 10.3. The summed E-state index contributed by atoms with van der Waals surface area (Å²) in [6, 6.07) is 8.24. The molecule has 0 saturated carbocycles. The summed E-state index contributed by atoms with van der Waals surface area (Å²) >= 11 is 0. The summed E-state index contributed by atoms with van der Waals surface area (Å²) in [5.74, 6) is -1.15. The molecule has 84 valence electrons. The zero-order valence-corrected chi connectivity index (χ0v) is 10.2. The Balaban J connectivity index is 0.00000196. The van der Waals surface area contributed by atoms with E-state index in [2.05, 4.69) is 0 Å². The van der Waals surface area contributed by atoms with Crippen molar-refractivity contribution in [1.29, 1.82) is 0 Å². The molecule has 1 unspecified atom stereocenters. The quantitative estimate of drug-likeness (QED) is 0.834. The summed E-state index contributed by atoms with van der Waals surface area (Å²) in [6.45, 7) is 0.272. The molecule has 4 nitrogen and oxygen atoms in total. The Morgan fingerprint density at radius 1 is 1.40 bits per heavy atom. The van der Waals surface area contributed by atoms with E-state index in [-0.39, 0.29) is 27.7 Å². The first-order valence-electron chi connectivity index (χ1n) is 4.25. The van der Waals surface area contributed by atoms with E-state index < -0.39 is 12.0 Å². The molecule has 1 aromatic carbocycles. The molecular formula is C10H12NO3Pt+.